The molecule has 1 rings (SSSR count). The van der Waals surface area contributed by atoms with E-state index < -0.39 is 5.97 Å². The van der Waals surface area contributed by atoms with Crippen LogP contribution in [0.3, 0.4) is 0 Å². The fourth-order valence-electron chi connectivity index (χ4n) is 0.967. The van der Waals surface area contributed by atoms with Crippen LogP contribution in [0.5, 0.6) is 0 Å². The highest BCUT2D eigenvalue weighted by atomic mass is 16.4. The van der Waals surface area contributed by atoms with Crippen molar-refractivity contribution in [2.24, 2.45) is 0 Å². The molecule has 4 nitrogen and oxygen atoms in total. The minimum Gasteiger partial charge on any atom is -0.478 e. The van der Waals surface area contributed by atoms with E-state index in [1.165, 1.54) is 12.3 Å². The lowest BCUT2D eigenvalue weighted by atomic mass is 10.1. The minimum atomic E-state index is -0.914. The first-order chi connectivity index (χ1) is 5.75. The number of hydrogen-bond donors (Lipinski definition) is 2. The van der Waals surface area contributed by atoms with Crippen molar-refractivity contribution in [2.45, 2.75) is 6.54 Å². The van der Waals surface area contributed by atoms with Gasteiger partial charge in [-0.05, 0) is 18.7 Å². The number of carboxylic acids is 1. The number of nitrogens with one attached hydrogen (secondary N) is 1. The Bertz CT molecular complexity index is 286. The molecule has 64 valence electrons. The first-order valence-corrected chi connectivity index (χ1v) is 3.56. The molecular formula is C8H10N2O2. The maximum absolute atomic E-state index is 10.6. The summed E-state index contributed by atoms with van der Waals surface area (Å²) in [6, 6.07) is 1.50. The molecule has 0 aromatic carbocycles. The van der Waals surface area contributed by atoms with Crippen LogP contribution in [0.2, 0.25) is 0 Å². The summed E-state index contributed by atoms with van der Waals surface area (Å²) in [6.45, 7) is 0.523. The molecule has 0 aliphatic rings. The van der Waals surface area contributed by atoms with Gasteiger partial charge in [0.2, 0.25) is 0 Å². The second-order valence-electron chi connectivity index (χ2n) is 2.37. The molecular weight excluding hydrogens is 156 g/mol. The van der Waals surface area contributed by atoms with Crippen LogP contribution in [-0.4, -0.2) is 23.1 Å². The smallest absolute Gasteiger partial charge is 0.336 e. The van der Waals surface area contributed by atoms with Gasteiger partial charge in [0, 0.05) is 18.9 Å². The number of nitrogens with zero attached hydrogens (tertiary/aromatic N) is 1. The Kier molecular flexibility index (Phi) is 2.76. The number of carboxylic acid groups (broad SMARTS) is 1. The molecule has 4 heteroatoms. The second kappa shape index (κ2) is 3.82. The SMILES string of the molecule is CNCc1cnccc1C(=O)O. The maximum Gasteiger partial charge on any atom is 0.336 e. The van der Waals surface area contributed by atoms with Gasteiger partial charge in [0.15, 0.2) is 0 Å². The van der Waals surface area contributed by atoms with Crippen LogP contribution in [0.1, 0.15) is 15.9 Å². The van der Waals surface area contributed by atoms with Gasteiger partial charge in [-0.2, -0.15) is 0 Å². The van der Waals surface area contributed by atoms with E-state index in [0.717, 1.165) is 0 Å². The Balaban J connectivity index is 3.00. The summed E-state index contributed by atoms with van der Waals surface area (Å²) in [4.78, 5) is 14.5. The summed E-state index contributed by atoms with van der Waals surface area (Å²) in [7, 11) is 1.76. The molecule has 0 bridgehead atoms. The average Bonchev–Trinajstić information content (AvgIpc) is 2.05. The predicted octanol–water partition coefficient (Wildman–Crippen LogP) is 0.499. The molecule has 1 aromatic heterocycles. The molecule has 2 N–H and O–H groups in total. The van der Waals surface area contributed by atoms with E-state index in [2.05, 4.69) is 10.3 Å². The summed E-state index contributed by atoms with van der Waals surface area (Å²) in [5, 5.41) is 11.6. The Morgan fingerprint density at radius 2 is 2.50 bits per heavy atom. The van der Waals surface area contributed by atoms with Crippen molar-refractivity contribution in [1.82, 2.24) is 10.3 Å². The fraction of sp³-hybridized carbons (Fsp3) is 0.250. The lowest BCUT2D eigenvalue weighted by Crippen LogP contribution is -2.10. The van der Waals surface area contributed by atoms with E-state index in [4.69, 9.17) is 5.11 Å². The molecule has 0 atom stereocenters. The average molecular weight is 166 g/mol. The lowest BCUT2D eigenvalue weighted by molar-refractivity contribution is 0.0695. The third-order valence-corrected chi connectivity index (χ3v) is 1.50. The molecule has 12 heavy (non-hydrogen) atoms. The number of aromatic carboxylic acids is 1. The largest absolute Gasteiger partial charge is 0.478 e. The Morgan fingerprint density at radius 1 is 1.75 bits per heavy atom. The van der Waals surface area contributed by atoms with Crippen LogP contribution in [0.25, 0.3) is 0 Å². The van der Waals surface area contributed by atoms with Crippen molar-refractivity contribution in [1.29, 1.82) is 0 Å². The van der Waals surface area contributed by atoms with Crippen molar-refractivity contribution in [3.8, 4) is 0 Å². The van der Waals surface area contributed by atoms with Crippen LogP contribution in [-0.2, 0) is 6.54 Å². The van der Waals surface area contributed by atoms with Crippen molar-refractivity contribution < 1.29 is 9.90 Å². The van der Waals surface area contributed by atoms with Crippen molar-refractivity contribution in [2.75, 3.05) is 7.05 Å². The maximum atomic E-state index is 10.6. The number of rotatable bonds is 3. The standard InChI is InChI=1S/C8H10N2O2/c1-9-4-6-5-10-3-2-7(6)8(11)12/h2-3,5,9H,4H2,1H3,(H,11,12). The van der Waals surface area contributed by atoms with E-state index in [9.17, 15) is 4.79 Å². The van der Waals surface area contributed by atoms with Gasteiger partial charge in [0.1, 0.15) is 0 Å². The van der Waals surface area contributed by atoms with Gasteiger partial charge in [0.25, 0.3) is 0 Å². The second-order valence-corrected chi connectivity index (χ2v) is 2.37. The van der Waals surface area contributed by atoms with Crippen LogP contribution in [0, 0.1) is 0 Å². The van der Waals surface area contributed by atoms with Crippen LogP contribution >= 0.6 is 0 Å². The summed E-state index contributed by atoms with van der Waals surface area (Å²) in [5.74, 6) is -0.914. The van der Waals surface area contributed by atoms with Gasteiger partial charge in [-0.3, -0.25) is 4.98 Å². The van der Waals surface area contributed by atoms with Gasteiger partial charge in [-0.15, -0.1) is 0 Å². The van der Waals surface area contributed by atoms with Gasteiger partial charge in [0.05, 0.1) is 5.56 Å². The quantitative estimate of drug-likeness (QED) is 0.686. The summed E-state index contributed by atoms with van der Waals surface area (Å²) >= 11 is 0. The molecule has 1 aromatic rings. The molecule has 0 unspecified atom stereocenters. The topological polar surface area (TPSA) is 62.2 Å². The third kappa shape index (κ3) is 1.79. The minimum absolute atomic E-state index is 0.305. The Hall–Kier alpha value is -1.42. The van der Waals surface area contributed by atoms with Crippen molar-refractivity contribution >= 4 is 5.97 Å². The monoisotopic (exact) mass is 166 g/mol. The zero-order chi connectivity index (χ0) is 8.97. The first-order valence-electron chi connectivity index (χ1n) is 3.56. The van der Waals surface area contributed by atoms with Gasteiger partial charge < -0.3 is 10.4 Å². The van der Waals surface area contributed by atoms with E-state index in [0.29, 0.717) is 17.7 Å². The highest BCUT2D eigenvalue weighted by Gasteiger charge is 2.07. The van der Waals surface area contributed by atoms with Gasteiger partial charge >= 0.3 is 5.97 Å². The molecule has 0 fully saturated rings. The van der Waals surface area contributed by atoms with Crippen LogP contribution < -0.4 is 5.32 Å². The molecule has 0 radical (unpaired) electrons. The predicted molar refractivity (Wildman–Crippen MR) is 44.0 cm³/mol. The van der Waals surface area contributed by atoms with Crippen molar-refractivity contribution in [3.63, 3.8) is 0 Å². The summed E-state index contributed by atoms with van der Waals surface area (Å²) < 4.78 is 0. The molecule has 0 saturated carbocycles. The number of pyridine rings is 1. The number of carbonyl (C=O) groups is 1. The van der Waals surface area contributed by atoms with Gasteiger partial charge in [-0.1, -0.05) is 0 Å². The zero-order valence-electron chi connectivity index (χ0n) is 6.74. The van der Waals surface area contributed by atoms with Crippen molar-refractivity contribution in [3.05, 3.63) is 29.6 Å². The summed E-state index contributed by atoms with van der Waals surface area (Å²) in [5.41, 5.74) is 1.01. The number of hydrogen-bond acceptors (Lipinski definition) is 3. The van der Waals surface area contributed by atoms with E-state index >= 15 is 0 Å². The molecule has 0 amide bonds. The molecule has 0 spiro atoms. The third-order valence-electron chi connectivity index (χ3n) is 1.50. The number of aromatic nitrogens is 1. The molecule has 0 saturated heterocycles. The Labute approximate surface area is 70.3 Å². The van der Waals surface area contributed by atoms with E-state index in [1.807, 2.05) is 0 Å². The summed E-state index contributed by atoms with van der Waals surface area (Å²) in [6.07, 6.45) is 3.03. The first kappa shape index (κ1) is 8.67. The van der Waals surface area contributed by atoms with E-state index in [1.54, 1.807) is 13.2 Å². The zero-order valence-corrected chi connectivity index (χ0v) is 6.74. The normalized spacial score (nSPS) is 9.75. The molecule has 0 aliphatic carbocycles. The Morgan fingerprint density at radius 3 is 3.08 bits per heavy atom. The fourth-order valence-corrected chi connectivity index (χ4v) is 0.967. The highest BCUT2D eigenvalue weighted by Crippen LogP contribution is 2.05. The molecule has 0 aliphatic heterocycles. The van der Waals surface area contributed by atoms with Gasteiger partial charge in [-0.25, -0.2) is 4.79 Å². The molecule has 1 heterocycles. The van der Waals surface area contributed by atoms with Crippen LogP contribution in [0.15, 0.2) is 18.5 Å². The van der Waals surface area contributed by atoms with E-state index in [-0.39, 0.29) is 0 Å². The van der Waals surface area contributed by atoms with Crippen LogP contribution in [0.4, 0.5) is 0 Å². The highest BCUT2D eigenvalue weighted by molar-refractivity contribution is 5.89. The lowest BCUT2D eigenvalue weighted by Gasteiger charge is -2.02.